The molecule has 1 aromatic rings. The summed E-state index contributed by atoms with van der Waals surface area (Å²) >= 11 is 3.33. The number of ether oxygens (including phenoxy) is 1. The van der Waals surface area contributed by atoms with Crippen LogP contribution in [0.1, 0.15) is 10.4 Å². The SMILES string of the molecule is O=C(NC[C@H]1CO1)c1ccccc1Br. The van der Waals surface area contributed by atoms with Gasteiger partial charge < -0.3 is 10.1 Å². The molecule has 0 bridgehead atoms. The lowest BCUT2D eigenvalue weighted by molar-refractivity contribution is 0.0949. The Kier molecular flexibility index (Phi) is 2.84. The lowest BCUT2D eigenvalue weighted by atomic mass is 10.2. The van der Waals surface area contributed by atoms with Crippen LogP contribution in [0.3, 0.4) is 0 Å². The van der Waals surface area contributed by atoms with Crippen LogP contribution in [0.5, 0.6) is 0 Å². The smallest absolute Gasteiger partial charge is 0.252 e. The molecule has 1 saturated heterocycles. The molecule has 1 fully saturated rings. The van der Waals surface area contributed by atoms with Gasteiger partial charge in [0.2, 0.25) is 0 Å². The monoisotopic (exact) mass is 255 g/mol. The third kappa shape index (κ3) is 2.33. The zero-order valence-corrected chi connectivity index (χ0v) is 9.08. The summed E-state index contributed by atoms with van der Waals surface area (Å²) in [4.78, 5) is 11.6. The van der Waals surface area contributed by atoms with Crippen molar-refractivity contribution in [3.05, 3.63) is 34.3 Å². The number of carbonyl (C=O) groups is 1. The molecule has 1 aromatic carbocycles. The fourth-order valence-corrected chi connectivity index (χ4v) is 1.60. The van der Waals surface area contributed by atoms with Gasteiger partial charge in [0.15, 0.2) is 0 Å². The minimum absolute atomic E-state index is 0.0621. The summed E-state index contributed by atoms with van der Waals surface area (Å²) in [6.45, 7) is 1.36. The van der Waals surface area contributed by atoms with E-state index >= 15 is 0 Å². The third-order valence-electron chi connectivity index (χ3n) is 2.01. The van der Waals surface area contributed by atoms with Crippen molar-refractivity contribution in [2.45, 2.75) is 6.10 Å². The lowest BCUT2D eigenvalue weighted by Gasteiger charge is -2.04. The highest BCUT2D eigenvalue weighted by Gasteiger charge is 2.23. The van der Waals surface area contributed by atoms with E-state index < -0.39 is 0 Å². The van der Waals surface area contributed by atoms with Crippen LogP contribution < -0.4 is 5.32 Å². The Hall–Kier alpha value is -0.870. The second-order valence-corrected chi connectivity index (χ2v) is 4.00. The molecule has 14 heavy (non-hydrogen) atoms. The summed E-state index contributed by atoms with van der Waals surface area (Å²) in [7, 11) is 0. The predicted molar refractivity (Wildman–Crippen MR) is 56.2 cm³/mol. The van der Waals surface area contributed by atoms with Crippen LogP contribution in [0.2, 0.25) is 0 Å². The minimum atomic E-state index is -0.0621. The number of hydrogen-bond acceptors (Lipinski definition) is 2. The molecule has 0 unspecified atom stereocenters. The highest BCUT2D eigenvalue weighted by Crippen LogP contribution is 2.15. The number of hydrogen-bond donors (Lipinski definition) is 1. The standard InChI is InChI=1S/C10H10BrNO2/c11-9-4-2-1-3-8(9)10(13)12-5-7-6-14-7/h1-4,7H,5-6H2,(H,12,13)/t7-/m0/s1. The van der Waals surface area contributed by atoms with Crippen LogP contribution in [0.25, 0.3) is 0 Å². The van der Waals surface area contributed by atoms with Crippen LogP contribution in [-0.2, 0) is 4.74 Å². The Bertz CT molecular complexity index is 350. The molecule has 2 rings (SSSR count). The van der Waals surface area contributed by atoms with Crippen molar-refractivity contribution >= 4 is 21.8 Å². The van der Waals surface area contributed by atoms with Gasteiger partial charge in [-0.3, -0.25) is 4.79 Å². The van der Waals surface area contributed by atoms with Crippen LogP contribution in [0, 0.1) is 0 Å². The summed E-state index contributed by atoms with van der Waals surface area (Å²) in [5, 5.41) is 2.81. The Labute approximate surface area is 90.6 Å². The zero-order valence-electron chi connectivity index (χ0n) is 7.50. The molecule has 1 atom stereocenters. The highest BCUT2D eigenvalue weighted by molar-refractivity contribution is 9.10. The van der Waals surface area contributed by atoms with E-state index in [0.717, 1.165) is 11.1 Å². The molecule has 0 aromatic heterocycles. The number of amides is 1. The first kappa shape index (κ1) is 9.68. The van der Waals surface area contributed by atoms with Gasteiger partial charge in [0.1, 0.15) is 0 Å². The van der Waals surface area contributed by atoms with Crippen molar-refractivity contribution in [1.29, 1.82) is 0 Å². The number of benzene rings is 1. The fraction of sp³-hybridized carbons (Fsp3) is 0.300. The maximum Gasteiger partial charge on any atom is 0.252 e. The molecule has 1 aliphatic heterocycles. The van der Waals surface area contributed by atoms with Gasteiger partial charge in [0.05, 0.1) is 18.3 Å². The second kappa shape index (κ2) is 4.11. The summed E-state index contributed by atoms with van der Waals surface area (Å²) in [6, 6.07) is 7.36. The number of carbonyl (C=O) groups excluding carboxylic acids is 1. The molecule has 1 aliphatic rings. The molecular formula is C10H10BrNO2. The van der Waals surface area contributed by atoms with Crippen LogP contribution >= 0.6 is 15.9 Å². The molecule has 0 saturated carbocycles. The molecule has 1 amide bonds. The molecule has 74 valence electrons. The minimum Gasteiger partial charge on any atom is -0.371 e. The molecule has 1 heterocycles. The maximum atomic E-state index is 11.6. The predicted octanol–water partition coefficient (Wildman–Crippen LogP) is 1.58. The first-order valence-electron chi connectivity index (χ1n) is 4.41. The van der Waals surface area contributed by atoms with E-state index in [9.17, 15) is 4.79 Å². The average molecular weight is 256 g/mol. The summed E-state index contributed by atoms with van der Waals surface area (Å²) in [6.07, 6.45) is 0.224. The topological polar surface area (TPSA) is 41.6 Å². The molecule has 3 nitrogen and oxygen atoms in total. The van der Waals surface area contributed by atoms with Crippen LogP contribution in [0.15, 0.2) is 28.7 Å². The van der Waals surface area contributed by atoms with Gasteiger partial charge in [-0.05, 0) is 28.1 Å². The molecule has 4 heteroatoms. The van der Waals surface area contributed by atoms with E-state index in [1.807, 2.05) is 18.2 Å². The van der Waals surface area contributed by atoms with Crippen molar-refractivity contribution in [2.75, 3.05) is 13.2 Å². The summed E-state index contributed by atoms with van der Waals surface area (Å²) in [5.41, 5.74) is 0.660. The summed E-state index contributed by atoms with van der Waals surface area (Å²) < 4.78 is 5.81. The number of halogens is 1. The lowest BCUT2D eigenvalue weighted by Crippen LogP contribution is -2.27. The van der Waals surface area contributed by atoms with E-state index in [1.165, 1.54) is 0 Å². The largest absolute Gasteiger partial charge is 0.371 e. The van der Waals surface area contributed by atoms with Gasteiger partial charge in [-0.15, -0.1) is 0 Å². The second-order valence-electron chi connectivity index (χ2n) is 3.15. The zero-order chi connectivity index (χ0) is 9.97. The van der Waals surface area contributed by atoms with Crippen molar-refractivity contribution in [3.63, 3.8) is 0 Å². The van der Waals surface area contributed by atoms with Gasteiger partial charge in [-0.1, -0.05) is 12.1 Å². The fourth-order valence-electron chi connectivity index (χ4n) is 1.13. The Morgan fingerprint density at radius 3 is 2.93 bits per heavy atom. The quantitative estimate of drug-likeness (QED) is 0.834. The first-order chi connectivity index (χ1) is 6.77. The molecule has 0 radical (unpaired) electrons. The van der Waals surface area contributed by atoms with Crippen LogP contribution in [0.4, 0.5) is 0 Å². The third-order valence-corrected chi connectivity index (χ3v) is 2.70. The number of nitrogens with one attached hydrogen (secondary N) is 1. The van der Waals surface area contributed by atoms with Crippen molar-refractivity contribution in [3.8, 4) is 0 Å². The number of rotatable bonds is 3. The average Bonchev–Trinajstić information content (AvgIpc) is 2.98. The van der Waals surface area contributed by atoms with E-state index in [1.54, 1.807) is 6.07 Å². The maximum absolute atomic E-state index is 11.6. The Morgan fingerprint density at radius 2 is 2.29 bits per heavy atom. The van der Waals surface area contributed by atoms with Gasteiger partial charge in [-0.25, -0.2) is 0 Å². The molecule has 0 spiro atoms. The number of epoxide rings is 1. The normalized spacial score (nSPS) is 19.1. The molecule has 0 aliphatic carbocycles. The van der Waals surface area contributed by atoms with Crippen molar-refractivity contribution in [1.82, 2.24) is 5.32 Å². The molecular weight excluding hydrogens is 246 g/mol. The van der Waals surface area contributed by atoms with Crippen molar-refractivity contribution < 1.29 is 9.53 Å². The van der Waals surface area contributed by atoms with E-state index in [0.29, 0.717) is 12.1 Å². The highest BCUT2D eigenvalue weighted by atomic mass is 79.9. The van der Waals surface area contributed by atoms with E-state index in [-0.39, 0.29) is 12.0 Å². The van der Waals surface area contributed by atoms with Crippen molar-refractivity contribution in [2.24, 2.45) is 0 Å². The summed E-state index contributed by atoms with van der Waals surface area (Å²) in [5.74, 6) is -0.0621. The van der Waals surface area contributed by atoms with Gasteiger partial charge in [0.25, 0.3) is 5.91 Å². The molecule has 1 N–H and O–H groups in total. The Morgan fingerprint density at radius 1 is 1.57 bits per heavy atom. The van der Waals surface area contributed by atoms with Gasteiger partial charge >= 0.3 is 0 Å². The van der Waals surface area contributed by atoms with Crippen LogP contribution in [-0.4, -0.2) is 25.2 Å². The Balaban J connectivity index is 1.98. The van der Waals surface area contributed by atoms with Gasteiger partial charge in [0, 0.05) is 11.0 Å². The van der Waals surface area contributed by atoms with E-state index in [4.69, 9.17) is 4.74 Å². The van der Waals surface area contributed by atoms with Gasteiger partial charge in [-0.2, -0.15) is 0 Å². The first-order valence-corrected chi connectivity index (χ1v) is 5.21. The van der Waals surface area contributed by atoms with E-state index in [2.05, 4.69) is 21.2 Å².